The van der Waals surface area contributed by atoms with Crippen LogP contribution in [-0.4, -0.2) is 11.7 Å². The molecule has 0 heterocycles. The van der Waals surface area contributed by atoms with E-state index in [1.807, 2.05) is 31.2 Å². The lowest BCUT2D eigenvalue weighted by Crippen LogP contribution is -2.28. The molecule has 4 heteroatoms. The van der Waals surface area contributed by atoms with Crippen LogP contribution in [0.5, 0.6) is 0 Å². The lowest BCUT2D eigenvalue weighted by Gasteiger charge is -2.17. The summed E-state index contributed by atoms with van der Waals surface area (Å²) in [5, 5.41) is 3.82. The molecule has 2 aromatic rings. The second-order valence-electron chi connectivity index (χ2n) is 5.73. The van der Waals surface area contributed by atoms with Gasteiger partial charge in [-0.3, -0.25) is 4.79 Å². The normalized spacial score (nSPS) is 12.0. The van der Waals surface area contributed by atoms with Crippen molar-refractivity contribution in [1.82, 2.24) is 5.32 Å². The largest absolute Gasteiger partial charge is 0.349 e. The smallest absolute Gasteiger partial charge is 0.230 e. The van der Waals surface area contributed by atoms with Gasteiger partial charge in [0.05, 0.1) is 11.8 Å². The first-order chi connectivity index (χ1) is 11.0. The van der Waals surface area contributed by atoms with E-state index in [-0.39, 0.29) is 11.9 Å². The Morgan fingerprint density at radius 2 is 1.96 bits per heavy atom. The van der Waals surface area contributed by atoms with Crippen molar-refractivity contribution in [2.75, 3.05) is 5.75 Å². The summed E-state index contributed by atoms with van der Waals surface area (Å²) in [7, 11) is 0. The van der Waals surface area contributed by atoms with E-state index < -0.39 is 0 Å². The Hall–Kier alpha value is -1.45. The van der Waals surface area contributed by atoms with E-state index in [1.54, 1.807) is 11.8 Å². The summed E-state index contributed by atoms with van der Waals surface area (Å²) >= 11 is 7.70. The predicted octanol–water partition coefficient (Wildman–Crippen LogP) is 5.07. The van der Waals surface area contributed by atoms with Gasteiger partial charge in [-0.05, 0) is 43.5 Å². The van der Waals surface area contributed by atoms with E-state index in [1.165, 1.54) is 16.7 Å². The van der Waals surface area contributed by atoms with E-state index in [2.05, 4.69) is 37.4 Å². The van der Waals surface area contributed by atoms with Crippen LogP contribution < -0.4 is 5.32 Å². The van der Waals surface area contributed by atoms with Gasteiger partial charge in [0.25, 0.3) is 0 Å². The third-order valence-electron chi connectivity index (χ3n) is 3.72. The monoisotopic (exact) mass is 347 g/mol. The summed E-state index contributed by atoms with van der Waals surface area (Å²) in [6.07, 6.45) is 0. The zero-order chi connectivity index (χ0) is 16.8. The van der Waals surface area contributed by atoms with Gasteiger partial charge in [0.15, 0.2) is 0 Å². The molecule has 0 bridgehead atoms. The summed E-state index contributed by atoms with van der Waals surface area (Å²) < 4.78 is 0. The van der Waals surface area contributed by atoms with Crippen LogP contribution in [0.4, 0.5) is 0 Å². The van der Waals surface area contributed by atoms with Gasteiger partial charge in [0, 0.05) is 10.8 Å². The summed E-state index contributed by atoms with van der Waals surface area (Å²) in [6, 6.07) is 14.1. The topological polar surface area (TPSA) is 29.1 Å². The maximum Gasteiger partial charge on any atom is 0.230 e. The highest BCUT2D eigenvalue weighted by Crippen LogP contribution is 2.21. The number of hydrogen-bond acceptors (Lipinski definition) is 2. The van der Waals surface area contributed by atoms with Crippen LogP contribution in [-0.2, 0) is 10.5 Å². The molecular weight excluding hydrogens is 326 g/mol. The maximum atomic E-state index is 12.1. The quantitative estimate of drug-likeness (QED) is 0.790. The fraction of sp³-hybridized carbons (Fsp3) is 0.316. The first-order valence-electron chi connectivity index (χ1n) is 7.65. The minimum absolute atomic E-state index is 0.0176. The van der Waals surface area contributed by atoms with Crippen LogP contribution in [0, 0.1) is 13.8 Å². The molecule has 0 aliphatic rings. The van der Waals surface area contributed by atoms with E-state index in [9.17, 15) is 4.79 Å². The number of thioether (sulfide) groups is 1. The first-order valence-corrected chi connectivity index (χ1v) is 9.18. The first kappa shape index (κ1) is 17.9. The molecule has 0 radical (unpaired) electrons. The Balaban J connectivity index is 1.83. The van der Waals surface area contributed by atoms with E-state index in [0.717, 1.165) is 16.3 Å². The molecule has 1 amide bonds. The molecule has 23 heavy (non-hydrogen) atoms. The van der Waals surface area contributed by atoms with E-state index in [4.69, 9.17) is 11.6 Å². The number of amides is 1. The number of carbonyl (C=O) groups is 1. The van der Waals surface area contributed by atoms with Gasteiger partial charge in [-0.15, -0.1) is 11.8 Å². The van der Waals surface area contributed by atoms with Crippen molar-refractivity contribution in [3.8, 4) is 0 Å². The average Bonchev–Trinajstić information content (AvgIpc) is 2.49. The lowest BCUT2D eigenvalue weighted by molar-refractivity contribution is -0.119. The molecule has 2 aromatic carbocycles. The third kappa shape index (κ3) is 5.29. The van der Waals surface area contributed by atoms with Gasteiger partial charge < -0.3 is 5.32 Å². The average molecular weight is 348 g/mol. The molecule has 0 aliphatic carbocycles. The van der Waals surface area contributed by atoms with Gasteiger partial charge in [-0.1, -0.05) is 53.6 Å². The Morgan fingerprint density at radius 3 is 2.65 bits per heavy atom. The summed E-state index contributed by atoms with van der Waals surface area (Å²) in [5.74, 6) is 1.22. The highest BCUT2D eigenvalue weighted by Gasteiger charge is 2.12. The maximum absolute atomic E-state index is 12.1. The Morgan fingerprint density at radius 1 is 1.22 bits per heavy atom. The van der Waals surface area contributed by atoms with Crippen LogP contribution in [0.25, 0.3) is 0 Å². The van der Waals surface area contributed by atoms with Crippen LogP contribution in [0.15, 0.2) is 42.5 Å². The van der Waals surface area contributed by atoms with Crippen molar-refractivity contribution in [2.24, 2.45) is 0 Å². The van der Waals surface area contributed by atoms with Crippen LogP contribution in [0.2, 0.25) is 5.02 Å². The standard InChI is InChI=1S/C19H22ClNOS/c1-13-8-9-17(14(2)10-13)15(3)21-19(22)12-23-11-16-6-4-5-7-18(16)20/h4-10,15H,11-12H2,1-3H3,(H,21,22)/t15-/m0/s1. The lowest BCUT2D eigenvalue weighted by atomic mass is 10.0. The molecule has 1 atom stereocenters. The van der Waals surface area contributed by atoms with Gasteiger partial charge in [-0.25, -0.2) is 0 Å². The molecule has 1 N–H and O–H groups in total. The molecule has 2 nitrogen and oxygen atoms in total. The number of rotatable bonds is 6. The van der Waals surface area contributed by atoms with Crippen LogP contribution in [0.3, 0.4) is 0 Å². The van der Waals surface area contributed by atoms with Crippen molar-refractivity contribution in [3.05, 3.63) is 69.7 Å². The molecule has 0 fully saturated rings. The molecular formula is C19H22ClNOS. The van der Waals surface area contributed by atoms with E-state index >= 15 is 0 Å². The number of carbonyl (C=O) groups excluding carboxylic acids is 1. The minimum atomic E-state index is 0.0176. The van der Waals surface area contributed by atoms with Crippen LogP contribution >= 0.6 is 23.4 Å². The molecule has 0 saturated carbocycles. The number of hydrogen-bond donors (Lipinski definition) is 1. The Labute approximate surface area is 147 Å². The zero-order valence-corrected chi connectivity index (χ0v) is 15.3. The van der Waals surface area contributed by atoms with Crippen molar-refractivity contribution in [2.45, 2.75) is 32.6 Å². The van der Waals surface area contributed by atoms with Crippen LogP contribution in [0.1, 0.15) is 35.2 Å². The van der Waals surface area contributed by atoms with E-state index in [0.29, 0.717) is 5.75 Å². The predicted molar refractivity (Wildman–Crippen MR) is 100 cm³/mol. The number of benzene rings is 2. The second-order valence-corrected chi connectivity index (χ2v) is 7.13. The summed E-state index contributed by atoms with van der Waals surface area (Å²) in [4.78, 5) is 12.1. The molecule has 122 valence electrons. The minimum Gasteiger partial charge on any atom is -0.349 e. The highest BCUT2D eigenvalue weighted by atomic mass is 35.5. The zero-order valence-electron chi connectivity index (χ0n) is 13.7. The molecule has 0 aromatic heterocycles. The molecule has 0 saturated heterocycles. The number of nitrogens with one attached hydrogen (secondary N) is 1. The van der Waals surface area contributed by atoms with Gasteiger partial charge in [0.1, 0.15) is 0 Å². The summed E-state index contributed by atoms with van der Waals surface area (Å²) in [5.41, 5.74) is 4.68. The third-order valence-corrected chi connectivity index (χ3v) is 5.07. The van der Waals surface area contributed by atoms with Gasteiger partial charge in [0.2, 0.25) is 5.91 Å². The number of aryl methyl sites for hydroxylation is 2. The molecule has 0 spiro atoms. The van der Waals surface area contributed by atoms with Gasteiger partial charge in [-0.2, -0.15) is 0 Å². The van der Waals surface area contributed by atoms with Gasteiger partial charge >= 0.3 is 0 Å². The summed E-state index contributed by atoms with van der Waals surface area (Å²) in [6.45, 7) is 6.18. The fourth-order valence-electron chi connectivity index (χ4n) is 2.54. The van der Waals surface area contributed by atoms with Crippen molar-refractivity contribution in [1.29, 1.82) is 0 Å². The Bertz CT molecular complexity index is 687. The molecule has 0 aliphatic heterocycles. The highest BCUT2D eigenvalue weighted by molar-refractivity contribution is 7.99. The fourth-order valence-corrected chi connectivity index (χ4v) is 3.67. The second kappa shape index (κ2) is 8.42. The van der Waals surface area contributed by atoms with Crippen molar-refractivity contribution >= 4 is 29.3 Å². The van der Waals surface area contributed by atoms with Crippen molar-refractivity contribution in [3.63, 3.8) is 0 Å². The molecule has 0 unspecified atom stereocenters. The molecule has 2 rings (SSSR count). The SMILES string of the molecule is Cc1ccc([C@H](C)NC(=O)CSCc2ccccc2Cl)c(C)c1. The van der Waals surface area contributed by atoms with Crippen molar-refractivity contribution < 1.29 is 4.79 Å². The Kier molecular flexibility index (Phi) is 6.55. The number of halogens is 1.